The molecule has 5 rings (SSSR count). The van der Waals surface area contributed by atoms with Gasteiger partial charge in [0.25, 0.3) is 0 Å². The molecule has 0 aromatic heterocycles. The van der Waals surface area contributed by atoms with Crippen LogP contribution in [-0.4, -0.2) is 31.1 Å². The van der Waals surface area contributed by atoms with Crippen molar-refractivity contribution in [2.45, 2.75) is 51.0 Å². The van der Waals surface area contributed by atoms with E-state index >= 15 is 0 Å². The van der Waals surface area contributed by atoms with Crippen LogP contribution >= 0.6 is 0 Å². The normalized spacial score (nSPS) is 23.3. The molecule has 1 aliphatic carbocycles. The van der Waals surface area contributed by atoms with Crippen molar-refractivity contribution >= 4 is 5.57 Å². The van der Waals surface area contributed by atoms with Gasteiger partial charge in [0.2, 0.25) is 0 Å². The largest absolute Gasteiger partial charge is 0.317 e. The van der Waals surface area contributed by atoms with Crippen molar-refractivity contribution in [2.75, 3.05) is 26.2 Å². The number of halogens is 1. The molecule has 2 nitrogen and oxygen atoms in total. The van der Waals surface area contributed by atoms with E-state index in [1.807, 2.05) is 12.1 Å². The van der Waals surface area contributed by atoms with Gasteiger partial charge in [-0.05, 0) is 122 Å². The number of likely N-dealkylation sites (tertiary alicyclic amines) is 1. The molecule has 0 spiro atoms. The quantitative estimate of drug-likeness (QED) is 0.662. The Kier molecular flexibility index (Phi) is 6.24. The van der Waals surface area contributed by atoms with Gasteiger partial charge < -0.3 is 5.32 Å². The maximum absolute atomic E-state index is 13.1. The molecule has 0 radical (unpaired) electrons. The summed E-state index contributed by atoms with van der Waals surface area (Å²) in [6, 6.07) is 14.2. The van der Waals surface area contributed by atoms with E-state index in [0.717, 1.165) is 44.6 Å². The number of benzene rings is 2. The number of allylic oxidation sites excluding steroid dienone is 1. The van der Waals surface area contributed by atoms with Crippen LogP contribution in [-0.2, 0) is 13.0 Å². The standard InChI is InChI=1S/C28H35FN2/c1-20-25(18-26-17-24(4-7-28(20)26)23-8-12-30-13-9-23)16-21-10-14-31(15-11-21)19-22-2-5-27(29)6-3-22/h2-7,17,21,23,25,30H,1,8-16,18-19H2. The number of fused-ring (bicyclic) bond motifs is 1. The van der Waals surface area contributed by atoms with Gasteiger partial charge in [-0.25, -0.2) is 4.39 Å². The van der Waals surface area contributed by atoms with Crippen molar-refractivity contribution < 1.29 is 4.39 Å². The van der Waals surface area contributed by atoms with Crippen molar-refractivity contribution in [3.05, 3.63) is 77.1 Å². The lowest BCUT2D eigenvalue weighted by molar-refractivity contribution is 0.166. The van der Waals surface area contributed by atoms with Crippen LogP contribution in [0.2, 0.25) is 0 Å². The minimum atomic E-state index is -0.150. The molecule has 2 aliphatic heterocycles. The topological polar surface area (TPSA) is 15.3 Å². The smallest absolute Gasteiger partial charge is 0.123 e. The number of nitrogens with zero attached hydrogens (tertiary/aromatic N) is 1. The number of rotatable bonds is 5. The highest BCUT2D eigenvalue weighted by molar-refractivity contribution is 5.73. The van der Waals surface area contributed by atoms with Gasteiger partial charge in [-0.2, -0.15) is 0 Å². The lowest BCUT2D eigenvalue weighted by Crippen LogP contribution is -2.33. The second-order valence-electron chi connectivity index (χ2n) is 9.95. The third-order valence-electron chi connectivity index (χ3n) is 7.89. The highest BCUT2D eigenvalue weighted by Crippen LogP contribution is 2.42. The molecule has 2 heterocycles. The summed E-state index contributed by atoms with van der Waals surface area (Å²) in [5.41, 5.74) is 7.10. The molecule has 2 fully saturated rings. The van der Waals surface area contributed by atoms with Gasteiger partial charge in [0.15, 0.2) is 0 Å². The first kappa shape index (κ1) is 20.9. The first-order chi connectivity index (χ1) is 15.2. The Balaban J connectivity index is 1.14. The predicted octanol–water partition coefficient (Wildman–Crippen LogP) is 5.78. The second-order valence-corrected chi connectivity index (χ2v) is 9.95. The minimum Gasteiger partial charge on any atom is -0.317 e. The van der Waals surface area contributed by atoms with E-state index in [2.05, 4.69) is 35.0 Å². The molecular formula is C28H35FN2. The Labute approximate surface area is 186 Å². The zero-order valence-electron chi connectivity index (χ0n) is 18.6. The average Bonchev–Trinajstić information content (AvgIpc) is 3.12. The van der Waals surface area contributed by atoms with Gasteiger partial charge in [-0.15, -0.1) is 0 Å². The summed E-state index contributed by atoms with van der Waals surface area (Å²) in [5.74, 6) is 1.99. The van der Waals surface area contributed by atoms with E-state index in [1.165, 1.54) is 55.2 Å². The van der Waals surface area contributed by atoms with Crippen molar-refractivity contribution in [2.24, 2.45) is 11.8 Å². The van der Waals surface area contributed by atoms with Crippen molar-refractivity contribution in [1.29, 1.82) is 0 Å². The Bertz CT molecular complexity index is 905. The molecule has 0 saturated carbocycles. The van der Waals surface area contributed by atoms with Crippen LogP contribution < -0.4 is 5.32 Å². The number of hydrogen-bond acceptors (Lipinski definition) is 2. The number of hydrogen-bond donors (Lipinski definition) is 1. The van der Waals surface area contributed by atoms with Crippen LogP contribution in [0, 0.1) is 17.7 Å². The van der Waals surface area contributed by atoms with E-state index in [-0.39, 0.29) is 5.82 Å². The Morgan fingerprint density at radius 2 is 1.71 bits per heavy atom. The van der Waals surface area contributed by atoms with E-state index in [1.54, 1.807) is 23.3 Å². The summed E-state index contributed by atoms with van der Waals surface area (Å²) in [6.07, 6.45) is 7.52. The molecule has 3 heteroatoms. The van der Waals surface area contributed by atoms with Crippen LogP contribution in [0.3, 0.4) is 0 Å². The molecule has 164 valence electrons. The van der Waals surface area contributed by atoms with Crippen LogP contribution in [0.25, 0.3) is 5.57 Å². The number of piperidine rings is 2. The zero-order chi connectivity index (χ0) is 21.2. The van der Waals surface area contributed by atoms with Gasteiger partial charge in [0.05, 0.1) is 0 Å². The van der Waals surface area contributed by atoms with Crippen LogP contribution in [0.4, 0.5) is 4.39 Å². The lowest BCUT2D eigenvalue weighted by Gasteiger charge is -2.33. The molecule has 0 amide bonds. The molecule has 2 saturated heterocycles. The molecule has 1 atom stereocenters. The highest BCUT2D eigenvalue weighted by Gasteiger charge is 2.30. The van der Waals surface area contributed by atoms with Gasteiger partial charge in [-0.1, -0.05) is 36.9 Å². The lowest BCUT2D eigenvalue weighted by atomic mass is 9.84. The van der Waals surface area contributed by atoms with Gasteiger partial charge in [0, 0.05) is 6.54 Å². The molecule has 3 aliphatic rings. The van der Waals surface area contributed by atoms with Crippen LogP contribution in [0.15, 0.2) is 49.0 Å². The molecule has 31 heavy (non-hydrogen) atoms. The zero-order valence-corrected chi connectivity index (χ0v) is 18.6. The second kappa shape index (κ2) is 9.26. The molecule has 2 aromatic rings. The maximum Gasteiger partial charge on any atom is 0.123 e. The fraction of sp³-hybridized carbons (Fsp3) is 0.500. The third kappa shape index (κ3) is 4.78. The summed E-state index contributed by atoms with van der Waals surface area (Å²) in [4.78, 5) is 2.52. The van der Waals surface area contributed by atoms with Gasteiger partial charge in [0.1, 0.15) is 5.82 Å². The SMILES string of the molecule is C=C1c2ccc(C3CCNCC3)cc2CC1CC1CCN(Cc2ccc(F)cc2)CC1. The number of nitrogens with one attached hydrogen (secondary N) is 1. The van der Waals surface area contributed by atoms with Crippen molar-refractivity contribution in [1.82, 2.24) is 10.2 Å². The maximum atomic E-state index is 13.1. The summed E-state index contributed by atoms with van der Waals surface area (Å²) in [6.45, 7) is 10.0. The molecule has 1 unspecified atom stereocenters. The summed E-state index contributed by atoms with van der Waals surface area (Å²) in [5, 5.41) is 3.48. The molecule has 1 N–H and O–H groups in total. The van der Waals surface area contributed by atoms with E-state index in [4.69, 9.17) is 0 Å². The predicted molar refractivity (Wildman–Crippen MR) is 127 cm³/mol. The third-order valence-corrected chi connectivity index (χ3v) is 7.89. The molecule has 2 aromatic carbocycles. The van der Waals surface area contributed by atoms with Gasteiger partial charge >= 0.3 is 0 Å². The highest BCUT2D eigenvalue weighted by atomic mass is 19.1. The monoisotopic (exact) mass is 418 g/mol. The average molecular weight is 419 g/mol. The summed E-state index contributed by atoms with van der Waals surface area (Å²) in [7, 11) is 0. The Morgan fingerprint density at radius 1 is 0.968 bits per heavy atom. The fourth-order valence-electron chi connectivity index (χ4n) is 5.97. The van der Waals surface area contributed by atoms with Crippen LogP contribution in [0.5, 0.6) is 0 Å². The fourth-order valence-corrected chi connectivity index (χ4v) is 5.97. The Hall–Kier alpha value is -1.97. The first-order valence-corrected chi connectivity index (χ1v) is 12.1. The Morgan fingerprint density at radius 3 is 2.45 bits per heavy atom. The van der Waals surface area contributed by atoms with Crippen LogP contribution in [0.1, 0.15) is 60.3 Å². The first-order valence-electron chi connectivity index (χ1n) is 12.1. The minimum absolute atomic E-state index is 0.150. The molecule has 0 bridgehead atoms. The molecular weight excluding hydrogens is 383 g/mol. The summed E-state index contributed by atoms with van der Waals surface area (Å²) >= 11 is 0. The van der Waals surface area contributed by atoms with E-state index in [9.17, 15) is 4.39 Å². The van der Waals surface area contributed by atoms with E-state index < -0.39 is 0 Å². The van der Waals surface area contributed by atoms with Gasteiger partial charge in [-0.3, -0.25) is 4.90 Å². The van der Waals surface area contributed by atoms with E-state index in [0.29, 0.717) is 5.92 Å². The van der Waals surface area contributed by atoms with Crippen molar-refractivity contribution in [3.63, 3.8) is 0 Å². The van der Waals surface area contributed by atoms with Crippen molar-refractivity contribution in [3.8, 4) is 0 Å². The summed E-state index contributed by atoms with van der Waals surface area (Å²) < 4.78 is 13.1.